The van der Waals surface area contributed by atoms with Gasteiger partial charge in [0.1, 0.15) is 0 Å². The molecule has 1 fully saturated rings. The van der Waals surface area contributed by atoms with Crippen molar-refractivity contribution in [2.75, 3.05) is 13.1 Å². The molecule has 1 aromatic rings. The van der Waals surface area contributed by atoms with E-state index in [0.717, 1.165) is 13.1 Å². The van der Waals surface area contributed by atoms with Crippen molar-refractivity contribution in [1.29, 1.82) is 0 Å². The lowest BCUT2D eigenvalue weighted by atomic mass is 10.1. The van der Waals surface area contributed by atoms with Crippen molar-refractivity contribution in [3.8, 4) is 0 Å². The maximum Gasteiger partial charge on any atom is 0.0552 e. The smallest absolute Gasteiger partial charge is 0.0552 e. The molecule has 1 atom stereocenters. The van der Waals surface area contributed by atoms with E-state index in [2.05, 4.69) is 25.6 Å². The van der Waals surface area contributed by atoms with E-state index < -0.39 is 0 Å². The van der Waals surface area contributed by atoms with Crippen LogP contribution in [0.25, 0.3) is 0 Å². The minimum absolute atomic E-state index is 0.692. The van der Waals surface area contributed by atoms with Gasteiger partial charge >= 0.3 is 0 Å². The first-order valence-corrected chi connectivity index (χ1v) is 5.25. The molecule has 0 bridgehead atoms. The standard InChI is InChI=1S/C7H9BrN2S/c8-6-4-10-11-7(6)5-1-2-9-3-5/h4-5,9H,1-3H2. The normalized spacial score (nSPS) is 24.3. The van der Waals surface area contributed by atoms with Crippen LogP contribution in [-0.2, 0) is 0 Å². The minimum atomic E-state index is 0.692. The number of hydrogen-bond acceptors (Lipinski definition) is 3. The van der Waals surface area contributed by atoms with Crippen molar-refractivity contribution in [3.05, 3.63) is 15.5 Å². The van der Waals surface area contributed by atoms with Crippen molar-refractivity contribution in [1.82, 2.24) is 9.69 Å². The summed E-state index contributed by atoms with van der Waals surface area (Å²) in [6.07, 6.45) is 3.14. The molecule has 0 amide bonds. The number of rotatable bonds is 1. The van der Waals surface area contributed by atoms with Crippen molar-refractivity contribution < 1.29 is 0 Å². The molecule has 0 saturated carbocycles. The van der Waals surface area contributed by atoms with E-state index in [4.69, 9.17) is 0 Å². The van der Waals surface area contributed by atoms with Crippen molar-refractivity contribution in [3.63, 3.8) is 0 Å². The average Bonchev–Trinajstić information content (AvgIpc) is 2.55. The van der Waals surface area contributed by atoms with E-state index >= 15 is 0 Å². The molecule has 4 heteroatoms. The van der Waals surface area contributed by atoms with Gasteiger partial charge in [-0.1, -0.05) is 0 Å². The zero-order valence-corrected chi connectivity index (χ0v) is 8.41. The third kappa shape index (κ3) is 1.48. The number of nitrogens with zero attached hydrogens (tertiary/aromatic N) is 1. The lowest BCUT2D eigenvalue weighted by Crippen LogP contribution is -2.07. The van der Waals surface area contributed by atoms with Crippen LogP contribution in [0.3, 0.4) is 0 Å². The van der Waals surface area contributed by atoms with Crippen LogP contribution in [0.2, 0.25) is 0 Å². The zero-order chi connectivity index (χ0) is 7.68. The lowest BCUT2D eigenvalue weighted by Gasteiger charge is -2.03. The zero-order valence-electron chi connectivity index (χ0n) is 6.01. The molecular weight excluding hydrogens is 224 g/mol. The average molecular weight is 233 g/mol. The maximum atomic E-state index is 4.13. The molecule has 1 aliphatic heterocycles. The van der Waals surface area contributed by atoms with Crippen LogP contribution in [0.5, 0.6) is 0 Å². The first kappa shape index (κ1) is 7.71. The first-order valence-electron chi connectivity index (χ1n) is 3.68. The van der Waals surface area contributed by atoms with Gasteiger partial charge in [-0.3, -0.25) is 0 Å². The summed E-state index contributed by atoms with van der Waals surface area (Å²) in [5.74, 6) is 0.692. The highest BCUT2D eigenvalue weighted by Gasteiger charge is 2.20. The highest BCUT2D eigenvalue weighted by atomic mass is 79.9. The fraction of sp³-hybridized carbons (Fsp3) is 0.571. The van der Waals surface area contributed by atoms with E-state index in [1.807, 2.05) is 6.20 Å². The molecule has 11 heavy (non-hydrogen) atoms. The first-order chi connectivity index (χ1) is 5.38. The third-order valence-electron chi connectivity index (χ3n) is 1.98. The summed E-state index contributed by atoms with van der Waals surface area (Å²) >= 11 is 5.11. The number of aromatic nitrogens is 1. The van der Waals surface area contributed by atoms with Gasteiger partial charge in [-0.2, -0.15) is 4.37 Å². The fourth-order valence-corrected chi connectivity index (χ4v) is 2.93. The van der Waals surface area contributed by atoms with Crippen molar-refractivity contribution >= 4 is 27.5 Å². The Balaban J connectivity index is 2.21. The van der Waals surface area contributed by atoms with E-state index in [9.17, 15) is 0 Å². The molecule has 0 radical (unpaired) electrons. The molecule has 1 aliphatic rings. The molecule has 1 N–H and O–H groups in total. The van der Waals surface area contributed by atoms with Gasteiger partial charge in [-0.25, -0.2) is 0 Å². The van der Waals surface area contributed by atoms with Gasteiger partial charge in [0.25, 0.3) is 0 Å². The molecule has 1 unspecified atom stereocenters. The summed E-state index contributed by atoms with van der Waals surface area (Å²) in [6, 6.07) is 0. The van der Waals surface area contributed by atoms with Crippen LogP contribution >= 0.6 is 27.5 Å². The van der Waals surface area contributed by atoms with Gasteiger partial charge in [-0.15, -0.1) is 0 Å². The van der Waals surface area contributed by atoms with Crippen molar-refractivity contribution in [2.24, 2.45) is 0 Å². The van der Waals surface area contributed by atoms with E-state index in [0.29, 0.717) is 5.92 Å². The van der Waals surface area contributed by atoms with Gasteiger partial charge in [-0.05, 0) is 40.4 Å². The SMILES string of the molecule is Brc1cnsc1C1CCNC1. The fourth-order valence-electron chi connectivity index (χ4n) is 1.38. The monoisotopic (exact) mass is 232 g/mol. The second-order valence-corrected chi connectivity index (χ2v) is 4.42. The summed E-state index contributed by atoms with van der Waals surface area (Å²) in [6.45, 7) is 2.26. The molecule has 2 nitrogen and oxygen atoms in total. The van der Waals surface area contributed by atoms with E-state index in [1.54, 1.807) is 11.5 Å². The Labute approximate surface area is 78.3 Å². The van der Waals surface area contributed by atoms with Crippen LogP contribution in [0.1, 0.15) is 17.2 Å². The Morgan fingerprint density at radius 3 is 3.18 bits per heavy atom. The van der Waals surface area contributed by atoms with Gasteiger partial charge < -0.3 is 5.32 Å². The quantitative estimate of drug-likeness (QED) is 0.802. The van der Waals surface area contributed by atoms with E-state index in [1.165, 1.54) is 15.8 Å². The molecule has 0 aliphatic carbocycles. The number of halogens is 1. The third-order valence-corrected chi connectivity index (χ3v) is 3.84. The topological polar surface area (TPSA) is 24.9 Å². The van der Waals surface area contributed by atoms with Gasteiger partial charge in [0.05, 0.1) is 10.7 Å². The molecule has 2 heterocycles. The van der Waals surface area contributed by atoms with Crippen LogP contribution in [0.15, 0.2) is 10.7 Å². The molecule has 1 aromatic heterocycles. The highest BCUT2D eigenvalue weighted by Crippen LogP contribution is 2.31. The summed E-state index contributed by atoms with van der Waals surface area (Å²) in [5, 5.41) is 3.35. The number of nitrogens with one attached hydrogen (secondary N) is 1. The Kier molecular flexibility index (Phi) is 2.25. The highest BCUT2D eigenvalue weighted by molar-refractivity contribution is 9.10. The molecule has 0 spiro atoms. The predicted octanol–water partition coefficient (Wildman–Crippen LogP) is 1.98. The Hall–Kier alpha value is 0.0700. The minimum Gasteiger partial charge on any atom is -0.316 e. The van der Waals surface area contributed by atoms with Crippen LogP contribution in [0.4, 0.5) is 0 Å². The van der Waals surface area contributed by atoms with Crippen LogP contribution < -0.4 is 5.32 Å². The second kappa shape index (κ2) is 3.21. The Morgan fingerprint density at radius 2 is 2.64 bits per heavy atom. The largest absolute Gasteiger partial charge is 0.316 e. The predicted molar refractivity (Wildman–Crippen MR) is 50.0 cm³/mol. The summed E-state index contributed by atoms with van der Waals surface area (Å²) in [5.41, 5.74) is 0. The molecular formula is C7H9BrN2S. The molecule has 2 rings (SSSR count). The van der Waals surface area contributed by atoms with Gasteiger partial charge in [0.2, 0.25) is 0 Å². The van der Waals surface area contributed by atoms with Gasteiger partial charge in [0, 0.05) is 17.3 Å². The lowest BCUT2D eigenvalue weighted by molar-refractivity contribution is 0.776. The maximum absolute atomic E-state index is 4.13. The molecule has 0 aromatic carbocycles. The summed E-state index contributed by atoms with van der Waals surface area (Å²) in [4.78, 5) is 1.40. The summed E-state index contributed by atoms with van der Waals surface area (Å²) < 4.78 is 5.31. The Morgan fingerprint density at radius 1 is 1.73 bits per heavy atom. The second-order valence-electron chi connectivity index (χ2n) is 2.73. The molecule has 60 valence electrons. The Bertz CT molecular complexity index is 242. The van der Waals surface area contributed by atoms with Crippen LogP contribution in [-0.4, -0.2) is 17.5 Å². The summed E-state index contributed by atoms with van der Waals surface area (Å²) in [7, 11) is 0. The van der Waals surface area contributed by atoms with E-state index in [-0.39, 0.29) is 0 Å². The molecule has 1 saturated heterocycles. The van der Waals surface area contributed by atoms with Gasteiger partial charge in [0.15, 0.2) is 0 Å². The number of hydrogen-bond donors (Lipinski definition) is 1. The van der Waals surface area contributed by atoms with Crippen LogP contribution in [0, 0.1) is 0 Å². The van der Waals surface area contributed by atoms with Crippen molar-refractivity contribution in [2.45, 2.75) is 12.3 Å².